The van der Waals surface area contributed by atoms with E-state index < -0.39 is 23.8 Å². The Kier molecular flexibility index (Phi) is 7.69. The Morgan fingerprint density at radius 2 is 2.17 bits per heavy atom. The van der Waals surface area contributed by atoms with Crippen LogP contribution in [0.1, 0.15) is 35.1 Å². The molecular weight excluding hydrogens is 408 g/mol. The zero-order valence-electron chi connectivity index (χ0n) is 16.1. The van der Waals surface area contributed by atoms with E-state index in [0.29, 0.717) is 5.70 Å². The van der Waals surface area contributed by atoms with Crippen LogP contribution in [0.4, 0.5) is 17.6 Å². The van der Waals surface area contributed by atoms with Gasteiger partial charge in [-0.15, -0.1) is 5.10 Å². The molecule has 2 rings (SSSR count). The molecule has 0 bridgehead atoms. The minimum atomic E-state index is -4.51. The summed E-state index contributed by atoms with van der Waals surface area (Å²) in [6.45, 7) is 1.50. The number of aromatic nitrogens is 4. The summed E-state index contributed by atoms with van der Waals surface area (Å²) in [5, 5.41) is 11.0. The van der Waals surface area contributed by atoms with Gasteiger partial charge in [0.25, 0.3) is 5.91 Å². The van der Waals surface area contributed by atoms with Crippen LogP contribution in [0.3, 0.4) is 0 Å². The van der Waals surface area contributed by atoms with Crippen LogP contribution in [-0.4, -0.2) is 43.6 Å². The van der Waals surface area contributed by atoms with Gasteiger partial charge in [-0.1, -0.05) is 5.21 Å². The molecular formula is C17H22F4N8O. The fourth-order valence-electron chi connectivity index (χ4n) is 2.41. The zero-order valence-corrected chi connectivity index (χ0v) is 16.1. The van der Waals surface area contributed by atoms with E-state index in [1.54, 1.807) is 6.92 Å². The van der Waals surface area contributed by atoms with Crippen LogP contribution in [0.25, 0.3) is 0 Å². The normalized spacial score (nSPS) is 13.2. The molecule has 9 nitrogen and oxygen atoms in total. The zero-order chi connectivity index (χ0) is 22.3. The monoisotopic (exact) mass is 430 g/mol. The predicted molar refractivity (Wildman–Crippen MR) is 98.8 cm³/mol. The molecule has 0 aliphatic rings. The van der Waals surface area contributed by atoms with Crippen LogP contribution in [0, 0.1) is 0 Å². The van der Waals surface area contributed by atoms with Crippen molar-refractivity contribution in [1.82, 2.24) is 30.3 Å². The summed E-state index contributed by atoms with van der Waals surface area (Å²) in [5.41, 5.74) is 5.02. The molecule has 13 heteroatoms. The van der Waals surface area contributed by atoms with Crippen molar-refractivity contribution in [3.63, 3.8) is 0 Å². The summed E-state index contributed by atoms with van der Waals surface area (Å²) < 4.78 is 53.4. The molecule has 0 saturated carbocycles. The smallest absolute Gasteiger partial charge is 0.401 e. The summed E-state index contributed by atoms with van der Waals surface area (Å²) in [4.78, 5) is 15.9. The first kappa shape index (κ1) is 23.1. The molecule has 0 radical (unpaired) electrons. The fraction of sp³-hybridized carbons (Fsp3) is 0.412. The molecule has 164 valence electrons. The summed E-state index contributed by atoms with van der Waals surface area (Å²) in [6, 6.07) is 1.68. The van der Waals surface area contributed by atoms with Gasteiger partial charge < -0.3 is 16.1 Å². The van der Waals surface area contributed by atoms with Gasteiger partial charge in [0.15, 0.2) is 5.69 Å². The Bertz CT molecular complexity index is 879. The lowest BCUT2D eigenvalue weighted by atomic mass is 10.2. The van der Waals surface area contributed by atoms with Crippen LogP contribution >= 0.6 is 0 Å². The third-order valence-corrected chi connectivity index (χ3v) is 3.80. The number of hydrazine groups is 1. The molecule has 2 aromatic heterocycles. The second-order valence-electron chi connectivity index (χ2n) is 6.54. The minimum absolute atomic E-state index is 0.0301. The molecule has 5 N–H and O–H groups in total. The molecule has 0 spiro atoms. The van der Waals surface area contributed by atoms with E-state index in [1.165, 1.54) is 17.4 Å². The van der Waals surface area contributed by atoms with Crippen LogP contribution in [0.15, 0.2) is 36.4 Å². The number of alkyl halides is 4. The molecule has 0 fully saturated rings. The van der Waals surface area contributed by atoms with E-state index in [4.69, 9.17) is 11.6 Å². The van der Waals surface area contributed by atoms with Gasteiger partial charge in [0.05, 0.1) is 30.5 Å². The van der Waals surface area contributed by atoms with E-state index in [9.17, 15) is 22.4 Å². The highest BCUT2D eigenvalue weighted by Gasteiger charge is 2.30. The van der Waals surface area contributed by atoms with Crippen LogP contribution in [0.2, 0.25) is 0 Å². The number of carbonyl (C=O) groups is 1. The lowest BCUT2D eigenvalue weighted by molar-refractivity contribution is -0.137. The van der Waals surface area contributed by atoms with Gasteiger partial charge in [-0.05, 0) is 25.5 Å². The first-order valence-electron chi connectivity index (χ1n) is 8.84. The number of amides is 1. The van der Waals surface area contributed by atoms with E-state index in [1.807, 2.05) is 0 Å². The predicted octanol–water partition coefficient (Wildman–Crippen LogP) is 1.35. The largest absolute Gasteiger partial charge is 0.416 e. The van der Waals surface area contributed by atoms with Gasteiger partial charge in [0.2, 0.25) is 0 Å². The van der Waals surface area contributed by atoms with E-state index >= 15 is 0 Å². The van der Waals surface area contributed by atoms with Crippen molar-refractivity contribution in [1.29, 1.82) is 0 Å². The maximum atomic E-state index is 14.1. The number of nitrogens with two attached hydrogens (primary N) is 2. The van der Waals surface area contributed by atoms with Gasteiger partial charge in [-0.2, -0.15) is 13.2 Å². The van der Waals surface area contributed by atoms with Crippen LogP contribution in [-0.2, 0) is 19.3 Å². The third-order valence-electron chi connectivity index (χ3n) is 3.80. The molecule has 0 aromatic carbocycles. The highest BCUT2D eigenvalue weighted by atomic mass is 19.4. The van der Waals surface area contributed by atoms with Crippen molar-refractivity contribution in [3.8, 4) is 0 Å². The molecule has 2 heterocycles. The first-order valence-corrected chi connectivity index (χ1v) is 8.84. The number of hydrogen-bond acceptors (Lipinski definition) is 7. The Labute approximate surface area is 169 Å². The van der Waals surface area contributed by atoms with Crippen molar-refractivity contribution in [2.24, 2.45) is 11.6 Å². The number of allylic oxidation sites excluding steroid dienone is 1. The van der Waals surface area contributed by atoms with Crippen molar-refractivity contribution < 1.29 is 22.4 Å². The maximum absolute atomic E-state index is 14.1. The average Bonchev–Trinajstić information content (AvgIpc) is 3.12. The summed E-state index contributed by atoms with van der Waals surface area (Å²) in [7, 11) is 0. The number of hydrogen-bond donors (Lipinski definition) is 3. The van der Waals surface area contributed by atoms with Crippen molar-refractivity contribution in [2.45, 2.75) is 38.8 Å². The molecule has 2 aromatic rings. The van der Waals surface area contributed by atoms with E-state index in [2.05, 4.69) is 20.6 Å². The maximum Gasteiger partial charge on any atom is 0.416 e. The number of halogens is 4. The molecule has 1 amide bonds. The van der Waals surface area contributed by atoms with Gasteiger partial charge in [-0.3, -0.25) is 9.78 Å². The second kappa shape index (κ2) is 10.0. The highest BCUT2D eigenvalue weighted by molar-refractivity contribution is 5.91. The first-order chi connectivity index (χ1) is 14.0. The van der Waals surface area contributed by atoms with Gasteiger partial charge in [-0.25, -0.2) is 14.9 Å². The Hall–Kier alpha value is -3.22. The quantitative estimate of drug-likeness (QED) is 0.311. The lowest BCUT2D eigenvalue weighted by Gasteiger charge is -2.15. The van der Waals surface area contributed by atoms with Crippen LogP contribution < -0.4 is 16.9 Å². The number of nitrogens with zero attached hydrogens (tertiary/aromatic N) is 5. The van der Waals surface area contributed by atoms with Gasteiger partial charge >= 0.3 is 6.18 Å². The average molecular weight is 430 g/mol. The summed E-state index contributed by atoms with van der Waals surface area (Å²) in [6.07, 6.45) is -1.98. The van der Waals surface area contributed by atoms with E-state index in [-0.39, 0.29) is 37.4 Å². The topological polar surface area (TPSA) is 128 Å². The molecule has 0 aliphatic heterocycles. The number of carbonyl (C=O) groups excluding carboxylic acids is 1. The van der Waals surface area contributed by atoms with Crippen molar-refractivity contribution in [3.05, 3.63) is 53.4 Å². The van der Waals surface area contributed by atoms with Gasteiger partial charge in [0.1, 0.15) is 6.17 Å². The van der Waals surface area contributed by atoms with Crippen molar-refractivity contribution in [2.75, 3.05) is 6.54 Å². The Morgan fingerprint density at radius 1 is 1.43 bits per heavy atom. The number of rotatable bonds is 9. The summed E-state index contributed by atoms with van der Waals surface area (Å²) >= 11 is 0. The molecule has 0 saturated heterocycles. The van der Waals surface area contributed by atoms with Crippen LogP contribution in [0.5, 0.6) is 0 Å². The highest BCUT2D eigenvalue weighted by Crippen LogP contribution is 2.28. The third kappa shape index (κ3) is 7.31. The number of pyridine rings is 1. The van der Waals surface area contributed by atoms with Gasteiger partial charge in [0, 0.05) is 24.6 Å². The Morgan fingerprint density at radius 3 is 2.83 bits per heavy atom. The second-order valence-corrected chi connectivity index (χ2v) is 6.54. The standard InChI is InChI=1S/C17H22F4N8O/c1-11(22)8-28(23)5-3-13(18)9-29-10-15(26-27-29)16(30)25-7-14-6-12(2-4-24-14)17(19,20)21/h2,4,6,8,10,13H,3,5,7,9,22-23H2,1H3,(H,25,30)/b11-8-. The number of nitrogens with one attached hydrogen (secondary N) is 1. The fourth-order valence-corrected chi connectivity index (χ4v) is 2.41. The summed E-state index contributed by atoms with van der Waals surface area (Å²) in [5.74, 6) is 4.96. The SMILES string of the molecule is C/C(N)=C/N(N)CCC(F)Cn1cc(C(=O)NCc2cc(C(F)(F)F)ccn2)nn1. The molecule has 1 unspecified atom stereocenters. The lowest BCUT2D eigenvalue weighted by Crippen LogP contribution is -2.29. The molecule has 1 atom stereocenters. The Balaban J connectivity index is 1.85. The van der Waals surface area contributed by atoms with Crippen molar-refractivity contribution >= 4 is 5.91 Å². The molecule has 30 heavy (non-hydrogen) atoms. The van der Waals surface area contributed by atoms with E-state index in [0.717, 1.165) is 23.0 Å². The molecule has 0 aliphatic carbocycles. The minimum Gasteiger partial charge on any atom is -0.401 e.